The van der Waals surface area contributed by atoms with Crippen LogP contribution in [-0.2, 0) is 0 Å². The van der Waals surface area contributed by atoms with Crippen molar-refractivity contribution >= 4 is 43.4 Å². The van der Waals surface area contributed by atoms with Gasteiger partial charge in [0.1, 0.15) is 0 Å². The molecule has 0 saturated heterocycles. The van der Waals surface area contributed by atoms with Crippen LogP contribution in [0.2, 0.25) is 0 Å². The highest BCUT2D eigenvalue weighted by Gasteiger charge is 2.12. The van der Waals surface area contributed by atoms with E-state index in [1.54, 1.807) is 0 Å². The van der Waals surface area contributed by atoms with Gasteiger partial charge in [0.05, 0.1) is 22.4 Å². The highest BCUT2D eigenvalue weighted by molar-refractivity contribution is 6.13. The average Bonchev–Trinajstić information content (AvgIpc) is 3.23. The van der Waals surface area contributed by atoms with Crippen molar-refractivity contribution in [1.29, 1.82) is 0 Å². The minimum atomic E-state index is 0.694. The van der Waals surface area contributed by atoms with E-state index in [1.165, 1.54) is 32.7 Å². The number of nitrogens with zero attached hydrogens (tertiary/aromatic N) is 4. The van der Waals surface area contributed by atoms with Gasteiger partial charge in [0, 0.05) is 45.4 Å². The number of benzene rings is 7. The molecule has 0 radical (unpaired) electrons. The second-order valence-corrected chi connectivity index (χ2v) is 13.1. The fraction of sp³-hybridized carbons (Fsp3) is 0. The summed E-state index contributed by atoms with van der Waals surface area (Å²) in [5.41, 5.74) is 11.2. The van der Waals surface area contributed by atoms with Crippen LogP contribution in [0.15, 0.2) is 182 Å². The molecule has 0 saturated carbocycles. The smallest absolute Gasteiger partial charge is 0.159 e. The average molecular weight is 663 g/mol. The molecule has 4 heteroatoms. The summed E-state index contributed by atoms with van der Waals surface area (Å²) in [5, 5.41) is 7.17. The van der Waals surface area contributed by atoms with Gasteiger partial charge in [-0.3, -0.25) is 0 Å². The predicted octanol–water partition coefficient (Wildman–Crippen LogP) is 12.2. The third kappa shape index (κ3) is 5.26. The second kappa shape index (κ2) is 12.4. The van der Waals surface area contributed by atoms with Crippen molar-refractivity contribution in [2.75, 3.05) is 0 Å². The molecule has 0 amide bonds. The molecule has 0 unspecified atom stereocenters. The summed E-state index contributed by atoms with van der Waals surface area (Å²) in [5.74, 6) is 0.694. The molecule has 0 aliphatic carbocycles. The molecular formula is C48H30N4. The summed E-state index contributed by atoms with van der Waals surface area (Å²) in [6.07, 6.45) is 3.76. The first-order valence-electron chi connectivity index (χ1n) is 17.5. The van der Waals surface area contributed by atoms with Crippen molar-refractivity contribution in [3.8, 4) is 56.2 Å². The number of hydrogen-bond donors (Lipinski definition) is 0. The molecule has 0 fully saturated rings. The third-order valence-corrected chi connectivity index (χ3v) is 9.98. The van der Waals surface area contributed by atoms with E-state index in [9.17, 15) is 0 Å². The first kappa shape index (κ1) is 29.8. The van der Waals surface area contributed by atoms with E-state index in [0.717, 1.165) is 61.0 Å². The zero-order valence-corrected chi connectivity index (χ0v) is 28.1. The van der Waals surface area contributed by atoms with Crippen LogP contribution in [0.25, 0.3) is 99.5 Å². The first-order valence-corrected chi connectivity index (χ1v) is 17.5. The highest BCUT2D eigenvalue weighted by atomic mass is 14.9. The Hall–Kier alpha value is -7.04. The van der Waals surface area contributed by atoms with Gasteiger partial charge in [-0.05, 0) is 56.4 Å². The van der Waals surface area contributed by atoms with Crippen LogP contribution in [0, 0.1) is 0 Å². The lowest BCUT2D eigenvalue weighted by Crippen LogP contribution is -1.92. The topological polar surface area (TPSA) is 51.6 Å². The summed E-state index contributed by atoms with van der Waals surface area (Å²) in [6, 6.07) is 59.5. The molecule has 52 heavy (non-hydrogen) atoms. The molecule has 242 valence electrons. The molecule has 0 aliphatic rings. The number of rotatable bonds is 5. The maximum absolute atomic E-state index is 5.21. The van der Waals surface area contributed by atoms with E-state index < -0.39 is 0 Å². The lowest BCUT2D eigenvalue weighted by molar-refractivity contribution is 1.18. The third-order valence-electron chi connectivity index (χ3n) is 9.98. The van der Waals surface area contributed by atoms with Gasteiger partial charge >= 0.3 is 0 Å². The Balaban J connectivity index is 0.972. The molecule has 7 aromatic carbocycles. The largest absolute Gasteiger partial charge is 0.245 e. The second-order valence-electron chi connectivity index (χ2n) is 13.1. The van der Waals surface area contributed by atoms with Crippen LogP contribution in [-0.4, -0.2) is 19.9 Å². The molecule has 0 N–H and O–H groups in total. The standard InChI is InChI=1S/C48H30N4/c1-2-8-31(9-3-1)39-29-49-48(50-30-39)37-22-18-34(19-23-37)45-27-25-36-21-20-35-24-26-44(51-46(35)47(36)52-45)33-16-14-32(15-17-33)43-28-38-10-4-5-11-40(38)41-12-6-7-13-42(41)43/h1-30H. The van der Waals surface area contributed by atoms with E-state index in [-0.39, 0.29) is 0 Å². The Kier molecular flexibility index (Phi) is 7.10. The zero-order valence-electron chi connectivity index (χ0n) is 28.1. The van der Waals surface area contributed by atoms with Crippen molar-refractivity contribution in [2.24, 2.45) is 0 Å². The van der Waals surface area contributed by atoms with Gasteiger partial charge in [0.15, 0.2) is 5.82 Å². The molecular weight excluding hydrogens is 633 g/mol. The Morgan fingerprint density at radius 2 is 0.808 bits per heavy atom. The van der Waals surface area contributed by atoms with Crippen LogP contribution >= 0.6 is 0 Å². The van der Waals surface area contributed by atoms with Crippen molar-refractivity contribution in [3.63, 3.8) is 0 Å². The Morgan fingerprint density at radius 1 is 0.308 bits per heavy atom. The van der Waals surface area contributed by atoms with Gasteiger partial charge in [-0.25, -0.2) is 19.9 Å². The lowest BCUT2D eigenvalue weighted by atomic mass is 9.93. The zero-order chi connectivity index (χ0) is 34.4. The van der Waals surface area contributed by atoms with Crippen LogP contribution in [0.1, 0.15) is 0 Å². The molecule has 3 aromatic heterocycles. The monoisotopic (exact) mass is 662 g/mol. The number of fused-ring (bicyclic) bond motifs is 6. The first-order chi connectivity index (χ1) is 25.7. The minimum Gasteiger partial charge on any atom is -0.245 e. The van der Waals surface area contributed by atoms with Crippen LogP contribution < -0.4 is 0 Å². The fourth-order valence-electron chi connectivity index (χ4n) is 7.25. The normalized spacial score (nSPS) is 11.5. The van der Waals surface area contributed by atoms with Gasteiger partial charge < -0.3 is 0 Å². The van der Waals surface area contributed by atoms with Crippen molar-refractivity contribution in [3.05, 3.63) is 182 Å². The van der Waals surface area contributed by atoms with Crippen LogP contribution in [0.4, 0.5) is 0 Å². The number of pyridine rings is 2. The summed E-state index contributed by atoms with van der Waals surface area (Å²) in [7, 11) is 0. The lowest BCUT2D eigenvalue weighted by Gasteiger charge is -2.12. The molecule has 3 heterocycles. The molecule has 0 aliphatic heterocycles. The van der Waals surface area contributed by atoms with Crippen molar-refractivity contribution in [1.82, 2.24) is 19.9 Å². The van der Waals surface area contributed by atoms with Gasteiger partial charge in [0.25, 0.3) is 0 Å². The van der Waals surface area contributed by atoms with Crippen LogP contribution in [0.3, 0.4) is 0 Å². The van der Waals surface area contributed by atoms with Gasteiger partial charge in [0.2, 0.25) is 0 Å². The summed E-state index contributed by atoms with van der Waals surface area (Å²) >= 11 is 0. The van der Waals surface area contributed by atoms with Gasteiger partial charge in [-0.1, -0.05) is 152 Å². The molecule has 0 bridgehead atoms. The summed E-state index contributed by atoms with van der Waals surface area (Å²) < 4.78 is 0. The molecule has 0 spiro atoms. The van der Waals surface area contributed by atoms with E-state index in [2.05, 4.69) is 162 Å². The van der Waals surface area contributed by atoms with Crippen LogP contribution in [0.5, 0.6) is 0 Å². The Morgan fingerprint density at radius 3 is 1.44 bits per heavy atom. The number of hydrogen-bond acceptors (Lipinski definition) is 4. The van der Waals surface area contributed by atoms with E-state index in [1.807, 2.05) is 30.6 Å². The van der Waals surface area contributed by atoms with Gasteiger partial charge in [-0.2, -0.15) is 0 Å². The molecule has 0 atom stereocenters. The minimum absolute atomic E-state index is 0.694. The van der Waals surface area contributed by atoms with E-state index in [4.69, 9.17) is 9.97 Å². The maximum Gasteiger partial charge on any atom is 0.159 e. The van der Waals surface area contributed by atoms with E-state index in [0.29, 0.717) is 5.82 Å². The maximum atomic E-state index is 5.21. The predicted molar refractivity (Wildman–Crippen MR) is 215 cm³/mol. The molecule has 10 rings (SSSR count). The fourth-order valence-corrected chi connectivity index (χ4v) is 7.25. The Labute approximate surface area is 300 Å². The van der Waals surface area contributed by atoms with E-state index >= 15 is 0 Å². The highest BCUT2D eigenvalue weighted by Crippen LogP contribution is 2.36. The quantitative estimate of drug-likeness (QED) is 0.172. The SMILES string of the molecule is c1ccc(-c2cnc(-c3ccc(-c4ccc5ccc6ccc(-c7ccc(-c8cc9ccccc9c9ccccc89)cc7)nc6c5n4)cc3)nc2)cc1. The summed E-state index contributed by atoms with van der Waals surface area (Å²) in [4.78, 5) is 19.7. The Bertz CT molecular complexity index is 2920. The molecule has 4 nitrogen and oxygen atoms in total. The molecule has 10 aromatic rings. The van der Waals surface area contributed by atoms with Crippen molar-refractivity contribution in [2.45, 2.75) is 0 Å². The number of aromatic nitrogens is 4. The van der Waals surface area contributed by atoms with Crippen molar-refractivity contribution < 1.29 is 0 Å². The summed E-state index contributed by atoms with van der Waals surface area (Å²) in [6.45, 7) is 0. The van der Waals surface area contributed by atoms with Gasteiger partial charge in [-0.15, -0.1) is 0 Å².